The van der Waals surface area contributed by atoms with Gasteiger partial charge in [0.1, 0.15) is 5.75 Å². The fourth-order valence-electron chi connectivity index (χ4n) is 3.12. The van der Waals surface area contributed by atoms with Crippen molar-refractivity contribution in [2.75, 3.05) is 32.4 Å². The molecule has 1 saturated heterocycles. The van der Waals surface area contributed by atoms with Gasteiger partial charge in [-0.2, -0.15) is 0 Å². The van der Waals surface area contributed by atoms with Crippen molar-refractivity contribution in [3.05, 3.63) is 48.0 Å². The molecule has 2 aromatic rings. The summed E-state index contributed by atoms with van der Waals surface area (Å²) >= 11 is 0. The molecule has 0 spiro atoms. The summed E-state index contributed by atoms with van der Waals surface area (Å²) in [6.07, 6.45) is 2.07. The second-order valence-corrected chi connectivity index (χ2v) is 6.70. The van der Waals surface area contributed by atoms with E-state index in [4.69, 9.17) is 18.9 Å². The van der Waals surface area contributed by atoms with Gasteiger partial charge >= 0.3 is 0 Å². The van der Waals surface area contributed by atoms with Crippen molar-refractivity contribution < 1.29 is 23.7 Å². The van der Waals surface area contributed by atoms with Crippen LogP contribution in [0, 0.1) is 0 Å². The minimum absolute atomic E-state index is 0.0742. The number of benzene rings is 2. The van der Waals surface area contributed by atoms with Crippen molar-refractivity contribution in [3.8, 4) is 17.2 Å². The van der Waals surface area contributed by atoms with Crippen LogP contribution in [0.5, 0.6) is 17.2 Å². The Morgan fingerprint density at radius 2 is 2.00 bits per heavy atom. The molecule has 0 bridgehead atoms. The third-order valence-electron chi connectivity index (χ3n) is 4.70. The average Bonchev–Trinajstić information content (AvgIpc) is 3.43. The number of guanidine groups is 1. The lowest BCUT2D eigenvalue weighted by Gasteiger charge is -2.14. The Morgan fingerprint density at radius 1 is 1.17 bits per heavy atom. The van der Waals surface area contributed by atoms with Gasteiger partial charge in [0.05, 0.1) is 19.8 Å². The molecular formula is C21H23N3O5. The van der Waals surface area contributed by atoms with Crippen molar-refractivity contribution in [1.29, 1.82) is 0 Å². The summed E-state index contributed by atoms with van der Waals surface area (Å²) in [5, 5.41) is 6.00. The van der Waals surface area contributed by atoms with Crippen LogP contribution in [-0.2, 0) is 4.74 Å². The van der Waals surface area contributed by atoms with Gasteiger partial charge in [-0.05, 0) is 55.3 Å². The number of hydrogen-bond acceptors (Lipinski definition) is 6. The molecule has 0 radical (unpaired) electrons. The molecule has 1 unspecified atom stereocenters. The number of anilines is 1. The van der Waals surface area contributed by atoms with Gasteiger partial charge in [0, 0.05) is 17.9 Å². The van der Waals surface area contributed by atoms with Crippen LogP contribution in [-0.4, -0.2) is 45.0 Å². The Bertz CT molecular complexity index is 892. The smallest absolute Gasteiger partial charge is 0.258 e. The molecule has 1 atom stereocenters. The fourth-order valence-corrected chi connectivity index (χ4v) is 3.12. The molecule has 4 rings (SSSR count). The van der Waals surface area contributed by atoms with E-state index in [9.17, 15) is 4.79 Å². The number of carbonyl (C=O) groups excluding carboxylic acids is 1. The molecular weight excluding hydrogens is 374 g/mol. The first kappa shape index (κ1) is 19.1. The Morgan fingerprint density at radius 3 is 2.76 bits per heavy atom. The van der Waals surface area contributed by atoms with Crippen LogP contribution in [0.15, 0.2) is 47.5 Å². The van der Waals surface area contributed by atoms with E-state index in [0.717, 1.165) is 30.9 Å². The molecule has 1 amide bonds. The molecule has 152 valence electrons. The van der Waals surface area contributed by atoms with Crippen LogP contribution in [0.25, 0.3) is 0 Å². The van der Waals surface area contributed by atoms with Crippen molar-refractivity contribution in [3.63, 3.8) is 0 Å². The van der Waals surface area contributed by atoms with E-state index in [0.29, 0.717) is 29.6 Å². The van der Waals surface area contributed by atoms with Crippen LogP contribution in [0.4, 0.5) is 5.69 Å². The summed E-state index contributed by atoms with van der Waals surface area (Å²) in [7, 11) is 1.61. The summed E-state index contributed by atoms with van der Waals surface area (Å²) in [6, 6.07) is 12.4. The van der Waals surface area contributed by atoms with E-state index < -0.39 is 0 Å². The van der Waals surface area contributed by atoms with Crippen LogP contribution in [0.2, 0.25) is 0 Å². The van der Waals surface area contributed by atoms with Gasteiger partial charge in [-0.25, -0.2) is 4.99 Å². The lowest BCUT2D eigenvalue weighted by Crippen LogP contribution is -2.36. The summed E-state index contributed by atoms with van der Waals surface area (Å²) in [5.74, 6) is 1.99. The molecule has 2 aliphatic heterocycles. The summed E-state index contributed by atoms with van der Waals surface area (Å²) in [4.78, 5) is 17.3. The Kier molecular flexibility index (Phi) is 5.81. The van der Waals surface area contributed by atoms with Crippen LogP contribution < -0.4 is 24.8 Å². The van der Waals surface area contributed by atoms with E-state index >= 15 is 0 Å². The van der Waals surface area contributed by atoms with Gasteiger partial charge in [-0.15, -0.1) is 0 Å². The average molecular weight is 397 g/mol. The molecule has 2 N–H and O–H groups in total. The summed E-state index contributed by atoms with van der Waals surface area (Å²) in [5.41, 5.74) is 1.23. The lowest BCUT2D eigenvalue weighted by molar-refractivity contribution is 0.0975. The minimum atomic E-state index is -0.296. The van der Waals surface area contributed by atoms with Gasteiger partial charge in [-0.1, -0.05) is 0 Å². The van der Waals surface area contributed by atoms with Gasteiger partial charge in [0.15, 0.2) is 11.5 Å². The van der Waals surface area contributed by atoms with Crippen molar-refractivity contribution in [2.24, 2.45) is 4.99 Å². The van der Waals surface area contributed by atoms with Gasteiger partial charge in [0.2, 0.25) is 12.8 Å². The predicted octanol–water partition coefficient (Wildman–Crippen LogP) is 2.80. The molecule has 29 heavy (non-hydrogen) atoms. The van der Waals surface area contributed by atoms with Gasteiger partial charge < -0.3 is 24.3 Å². The quantitative estimate of drug-likeness (QED) is 0.596. The Labute approximate surface area is 168 Å². The zero-order valence-corrected chi connectivity index (χ0v) is 16.1. The molecule has 8 heteroatoms. The third kappa shape index (κ3) is 4.78. The first-order valence-corrected chi connectivity index (χ1v) is 9.49. The number of hydrogen-bond donors (Lipinski definition) is 2. The maximum Gasteiger partial charge on any atom is 0.258 e. The number of fused-ring (bicyclic) bond motifs is 1. The number of amides is 1. The number of methoxy groups -OCH3 is 1. The van der Waals surface area contributed by atoms with Crippen molar-refractivity contribution in [1.82, 2.24) is 5.32 Å². The molecule has 2 aromatic carbocycles. The molecule has 0 aliphatic carbocycles. The molecule has 0 aromatic heterocycles. The topological polar surface area (TPSA) is 90.4 Å². The molecule has 2 heterocycles. The largest absolute Gasteiger partial charge is 0.497 e. The monoisotopic (exact) mass is 397 g/mol. The van der Waals surface area contributed by atoms with Crippen LogP contribution in [0.3, 0.4) is 0 Å². The van der Waals surface area contributed by atoms with E-state index in [1.54, 1.807) is 25.3 Å². The van der Waals surface area contributed by atoms with Gasteiger partial charge in [0.25, 0.3) is 5.91 Å². The number of carbonyl (C=O) groups is 1. The normalized spacial score (nSPS) is 17.8. The maximum atomic E-state index is 12.8. The lowest BCUT2D eigenvalue weighted by atomic mass is 10.2. The molecule has 2 aliphatic rings. The number of ether oxygens (including phenoxy) is 4. The van der Waals surface area contributed by atoms with E-state index in [1.165, 1.54) is 0 Å². The summed E-state index contributed by atoms with van der Waals surface area (Å²) in [6.45, 7) is 1.39. The Hall–Kier alpha value is -3.26. The molecule has 8 nitrogen and oxygen atoms in total. The fraction of sp³-hybridized carbons (Fsp3) is 0.333. The molecule has 0 saturated carbocycles. The van der Waals surface area contributed by atoms with E-state index in [-0.39, 0.29) is 18.8 Å². The second-order valence-electron chi connectivity index (χ2n) is 6.70. The maximum absolute atomic E-state index is 12.8. The highest BCUT2D eigenvalue weighted by atomic mass is 16.7. The highest BCUT2D eigenvalue weighted by Gasteiger charge is 2.18. The zero-order chi connectivity index (χ0) is 20.1. The van der Waals surface area contributed by atoms with E-state index in [2.05, 4.69) is 15.6 Å². The summed E-state index contributed by atoms with van der Waals surface area (Å²) < 4.78 is 21.5. The zero-order valence-electron chi connectivity index (χ0n) is 16.1. The van der Waals surface area contributed by atoms with Crippen LogP contribution >= 0.6 is 0 Å². The van der Waals surface area contributed by atoms with Gasteiger partial charge in [-0.3, -0.25) is 10.1 Å². The predicted molar refractivity (Wildman–Crippen MR) is 108 cm³/mol. The van der Waals surface area contributed by atoms with Crippen molar-refractivity contribution >= 4 is 17.6 Å². The highest BCUT2D eigenvalue weighted by Crippen LogP contribution is 2.32. The van der Waals surface area contributed by atoms with Crippen LogP contribution in [0.1, 0.15) is 23.2 Å². The standard InChI is InChI=1S/C21H23N3O5/c1-26-16-7-5-15(6-8-16)23-21(22-12-17-3-2-10-27-17)24-20(25)14-4-9-18-19(11-14)29-13-28-18/h4-9,11,17H,2-3,10,12-13H2,1H3,(H2,22,23,24,25). The first-order chi connectivity index (χ1) is 14.2. The van der Waals surface area contributed by atoms with Crippen molar-refractivity contribution in [2.45, 2.75) is 18.9 Å². The third-order valence-corrected chi connectivity index (χ3v) is 4.70. The molecule has 1 fully saturated rings. The van der Waals surface area contributed by atoms with E-state index in [1.807, 2.05) is 24.3 Å². The number of nitrogens with zero attached hydrogens (tertiary/aromatic N) is 1. The highest BCUT2D eigenvalue weighted by molar-refractivity contribution is 6.10. The minimum Gasteiger partial charge on any atom is -0.497 e. The SMILES string of the molecule is COc1ccc(NC(=NCC2CCCO2)NC(=O)c2ccc3c(c2)OCO3)cc1. The first-order valence-electron chi connectivity index (χ1n) is 9.49. The number of nitrogens with one attached hydrogen (secondary N) is 2. The second kappa shape index (κ2) is 8.83. The number of aliphatic imine (C=N–C) groups is 1. The Balaban J connectivity index is 1.48. The number of rotatable bonds is 5.